The summed E-state index contributed by atoms with van der Waals surface area (Å²) in [6.07, 6.45) is 6.40. The van der Waals surface area contributed by atoms with Gasteiger partial charge in [-0.15, -0.1) is 0 Å². The molecule has 0 N–H and O–H groups in total. The van der Waals surface area contributed by atoms with Crippen molar-refractivity contribution in [2.75, 3.05) is 31.1 Å². The summed E-state index contributed by atoms with van der Waals surface area (Å²) in [5.74, 6) is 1.16. The van der Waals surface area contributed by atoms with Crippen molar-refractivity contribution in [1.82, 2.24) is 14.5 Å². The molecule has 0 amide bonds. The first-order chi connectivity index (χ1) is 15.2. The van der Waals surface area contributed by atoms with E-state index in [9.17, 15) is 10.1 Å². The Kier molecular flexibility index (Phi) is 5.59. The van der Waals surface area contributed by atoms with E-state index in [1.807, 2.05) is 12.1 Å². The van der Waals surface area contributed by atoms with Gasteiger partial charge in [0.25, 0.3) is 5.69 Å². The van der Waals surface area contributed by atoms with Crippen LogP contribution in [0, 0.1) is 10.1 Å². The number of hydrogen-bond donors (Lipinski definition) is 0. The SMILES string of the molecule is O=[N+]([O-])c1ccccc1N1CCN(Cc2nc3ccccc3n2C2CCCCC2)CC1. The van der Waals surface area contributed by atoms with Crippen LogP contribution in [0.4, 0.5) is 11.4 Å². The molecule has 2 fully saturated rings. The molecule has 162 valence electrons. The first-order valence-electron chi connectivity index (χ1n) is 11.4. The summed E-state index contributed by atoms with van der Waals surface area (Å²) in [7, 11) is 0. The van der Waals surface area contributed by atoms with Crippen LogP contribution in [0.15, 0.2) is 48.5 Å². The van der Waals surface area contributed by atoms with Gasteiger partial charge in [-0.05, 0) is 31.0 Å². The van der Waals surface area contributed by atoms with Crippen LogP contribution < -0.4 is 4.90 Å². The normalized spacial score (nSPS) is 18.5. The predicted octanol–water partition coefficient (Wildman–Crippen LogP) is 4.77. The number of para-hydroxylation sites is 4. The molecular formula is C24H29N5O2. The zero-order chi connectivity index (χ0) is 21.2. The molecule has 1 aliphatic carbocycles. The van der Waals surface area contributed by atoms with Gasteiger partial charge in [-0.3, -0.25) is 15.0 Å². The molecule has 31 heavy (non-hydrogen) atoms. The van der Waals surface area contributed by atoms with Gasteiger partial charge >= 0.3 is 0 Å². The molecule has 2 heterocycles. The molecule has 1 saturated heterocycles. The Morgan fingerprint density at radius 2 is 1.65 bits per heavy atom. The van der Waals surface area contributed by atoms with Crippen LogP contribution in [0.2, 0.25) is 0 Å². The van der Waals surface area contributed by atoms with E-state index < -0.39 is 0 Å². The number of piperazine rings is 1. The third kappa shape index (κ3) is 4.02. The average molecular weight is 420 g/mol. The van der Waals surface area contributed by atoms with Gasteiger partial charge in [0.2, 0.25) is 0 Å². The maximum atomic E-state index is 11.4. The first kappa shape index (κ1) is 20.0. The lowest BCUT2D eigenvalue weighted by atomic mass is 9.95. The van der Waals surface area contributed by atoms with E-state index in [2.05, 4.69) is 38.6 Å². The molecule has 7 nitrogen and oxygen atoms in total. The number of fused-ring (bicyclic) bond motifs is 1. The van der Waals surface area contributed by atoms with E-state index in [0.29, 0.717) is 6.04 Å². The molecule has 1 saturated carbocycles. The summed E-state index contributed by atoms with van der Waals surface area (Å²) in [6.45, 7) is 4.15. The Morgan fingerprint density at radius 1 is 0.935 bits per heavy atom. The highest BCUT2D eigenvalue weighted by molar-refractivity contribution is 5.76. The van der Waals surface area contributed by atoms with E-state index in [1.54, 1.807) is 12.1 Å². The minimum Gasteiger partial charge on any atom is -0.363 e. The first-order valence-corrected chi connectivity index (χ1v) is 11.4. The van der Waals surface area contributed by atoms with E-state index in [0.717, 1.165) is 49.8 Å². The van der Waals surface area contributed by atoms with Crippen molar-refractivity contribution in [3.05, 3.63) is 64.5 Å². The molecule has 1 aromatic heterocycles. The molecule has 1 aliphatic heterocycles. The second-order valence-corrected chi connectivity index (χ2v) is 8.69. The smallest absolute Gasteiger partial charge is 0.292 e. The molecule has 2 aliphatic rings. The molecule has 7 heteroatoms. The second kappa shape index (κ2) is 8.67. The summed E-state index contributed by atoms with van der Waals surface area (Å²) >= 11 is 0. The molecule has 3 aromatic rings. The molecule has 0 radical (unpaired) electrons. The van der Waals surface area contributed by atoms with Gasteiger partial charge in [-0.1, -0.05) is 43.5 Å². The monoisotopic (exact) mass is 419 g/mol. The van der Waals surface area contributed by atoms with Gasteiger partial charge < -0.3 is 9.47 Å². The van der Waals surface area contributed by atoms with Crippen molar-refractivity contribution >= 4 is 22.4 Å². The standard InChI is InChI=1S/C24H29N5O2/c30-29(31)23-13-7-6-12-22(23)27-16-14-26(15-17-27)18-24-25-20-10-4-5-11-21(20)28(24)19-8-2-1-3-9-19/h4-7,10-13,19H,1-3,8-9,14-18H2. The molecule has 0 atom stereocenters. The summed E-state index contributed by atoms with van der Waals surface area (Å²) in [5, 5.41) is 11.4. The van der Waals surface area contributed by atoms with Crippen LogP contribution in [0.25, 0.3) is 11.0 Å². The van der Waals surface area contributed by atoms with Crippen molar-refractivity contribution in [2.45, 2.75) is 44.7 Å². The molecule has 0 bridgehead atoms. The summed E-state index contributed by atoms with van der Waals surface area (Å²) in [6, 6.07) is 16.1. The number of nitrogens with zero attached hydrogens (tertiary/aromatic N) is 5. The molecule has 0 spiro atoms. The van der Waals surface area contributed by atoms with Gasteiger partial charge in [0.1, 0.15) is 11.5 Å². The predicted molar refractivity (Wildman–Crippen MR) is 122 cm³/mol. The number of anilines is 1. The van der Waals surface area contributed by atoms with Gasteiger partial charge in [-0.25, -0.2) is 4.98 Å². The summed E-state index contributed by atoms with van der Waals surface area (Å²) in [4.78, 5) is 20.7. The quantitative estimate of drug-likeness (QED) is 0.440. The molecule has 5 rings (SSSR count). The van der Waals surface area contributed by atoms with Crippen LogP contribution in [-0.2, 0) is 6.54 Å². The maximum absolute atomic E-state index is 11.4. The van der Waals surface area contributed by atoms with Gasteiger partial charge in [0, 0.05) is 38.3 Å². The van der Waals surface area contributed by atoms with Crippen LogP contribution >= 0.6 is 0 Å². The largest absolute Gasteiger partial charge is 0.363 e. The van der Waals surface area contributed by atoms with Crippen LogP contribution in [0.1, 0.15) is 44.0 Å². The van der Waals surface area contributed by atoms with Gasteiger partial charge in [0.05, 0.1) is 22.5 Å². The van der Waals surface area contributed by atoms with Crippen LogP contribution in [0.5, 0.6) is 0 Å². The van der Waals surface area contributed by atoms with Crippen LogP contribution in [-0.4, -0.2) is 45.6 Å². The summed E-state index contributed by atoms with van der Waals surface area (Å²) in [5.41, 5.74) is 3.25. The van der Waals surface area contributed by atoms with E-state index in [4.69, 9.17) is 4.98 Å². The number of aromatic nitrogens is 2. The average Bonchev–Trinajstić information content (AvgIpc) is 3.18. The number of hydrogen-bond acceptors (Lipinski definition) is 5. The van der Waals surface area contributed by atoms with E-state index in [1.165, 1.54) is 37.6 Å². The second-order valence-electron chi connectivity index (χ2n) is 8.69. The number of nitro benzene ring substituents is 1. The topological polar surface area (TPSA) is 67.4 Å². The molecule has 0 unspecified atom stereocenters. The van der Waals surface area contributed by atoms with Crippen molar-refractivity contribution < 1.29 is 4.92 Å². The van der Waals surface area contributed by atoms with E-state index >= 15 is 0 Å². The van der Waals surface area contributed by atoms with Crippen molar-refractivity contribution in [3.8, 4) is 0 Å². The third-order valence-corrected chi connectivity index (χ3v) is 6.77. The zero-order valence-corrected chi connectivity index (χ0v) is 17.8. The number of nitro groups is 1. The fourth-order valence-corrected chi connectivity index (χ4v) is 5.19. The fourth-order valence-electron chi connectivity index (χ4n) is 5.19. The zero-order valence-electron chi connectivity index (χ0n) is 17.8. The Labute approximate surface area is 182 Å². The maximum Gasteiger partial charge on any atom is 0.292 e. The third-order valence-electron chi connectivity index (χ3n) is 6.77. The minimum atomic E-state index is -0.283. The van der Waals surface area contributed by atoms with Crippen molar-refractivity contribution in [1.29, 1.82) is 0 Å². The van der Waals surface area contributed by atoms with Gasteiger partial charge in [0.15, 0.2) is 0 Å². The minimum absolute atomic E-state index is 0.190. The van der Waals surface area contributed by atoms with Gasteiger partial charge in [-0.2, -0.15) is 0 Å². The molecular weight excluding hydrogens is 390 g/mol. The van der Waals surface area contributed by atoms with Crippen molar-refractivity contribution in [3.63, 3.8) is 0 Å². The number of benzene rings is 2. The lowest BCUT2D eigenvalue weighted by Gasteiger charge is -2.36. The lowest BCUT2D eigenvalue weighted by Crippen LogP contribution is -2.46. The van der Waals surface area contributed by atoms with Crippen molar-refractivity contribution in [2.24, 2.45) is 0 Å². The highest BCUT2D eigenvalue weighted by Crippen LogP contribution is 2.33. The van der Waals surface area contributed by atoms with Crippen LogP contribution in [0.3, 0.4) is 0 Å². The Bertz CT molecular complexity index is 1060. The Morgan fingerprint density at radius 3 is 2.42 bits per heavy atom. The van der Waals surface area contributed by atoms with E-state index in [-0.39, 0.29) is 10.6 Å². The fraction of sp³-hybridized carbons (Fsp3) is 0.458. The highest BCUT2D eigenvalue weighted by Gasteiger charge is 2.26. The highest BCUT2D eigenvalue weighted by atomic mass is 16.6. The lowest BCUT2D eigenvalue weighted by molar-refractivity contribution is -0.384. The Balaban J connectivity index is 1.33. The Hall–Kier alpha value is -2.93. The number of imidazole rings is 1. The number of rotatable bonds is 5. The summed E-state index contributed by atoms with van der Waals surface area (Å²) < 4.78 is 2.50. The molecule has 2 aromatic carbocycles.